The molecule has 1 fully saturated rings. The molecule has 1 unspecified atom stereocenters. The van der Waals surface area contributed by atoms with Gasteiger partial charge in [0, 0.05) is 0 Å². The van der Waals surface area contributed by atoms with Gasteiger partial charge in [-0.15, -0.1) is 0 Å². The van der Waals surface area contributed by atoms with E-state index in [0.29, 0.717) is 11.7 Å². The van der Waals surface area contributed by atoms with Crippen molar-refractivity contribution in [2.75, 3.05) is 6.54 Å². The molecule has 3 N–H and O–H groups in total. The van der Waals surface area contributed by atoms with Gasteiger partial charge in [0.15, 0.2) is 10.8 Å². The number of hydrogen-bond acceptors (Lipinski definition) is 2. The SMILES string of the molecule is CC1(O)CNC(=S)N1. The molecule has 1 rings (SSSR count). The van der Waals surface area contributed by atoms with Gasteiger partial charge in [0.25, 0.3) is 0 Å². The van der Waals surface area contributed by atoms with Crippen LogP contribution in [0.25, 0.3) is 0 Å². The van der Waals surface area contributed by atoms with E-state index in [0.717, 1.165) is 0 Å². The molecule has 0 aliphatic carbocycles. The van der Waals surface area contributed by atoms with Gasteiger partial charge in [0.05, 0.1) is 6.54 Å². The standard InChI is InChI=1S/C4H8N2OS/c1-4(7)2-5-3(8)6-4/h7H,2H2,1H3,(H2,5,6,8). The van der Waals surface area contributed by atoms with Crippen molar-refractivity contribution >= 4 is 17.3 Å². The highest BCUT2D eigenvalue weighted by atomic mass is 32.1. The summed E-state index contributed by atoms with van der Waals surface area (Å²) in [6.07, 6.45) is 0. The summed E-state index contributed by atoms with van der Waals surface area (Å²) >= 11 is 4.69. The summed E-state index contributed by atoms with van der Waals surface area (Å²) in [6.45, 7) is 2.16. The second kappa shape index (κ2) is 1.56. The van der Waals surface area contributed by atoms with E-state index in [4.69, 9.17) is 5.11 Å². The van der Waals surface area contributed by atoms with Crippen molar-refractivity contribution < 1.29 is 5.11 Å². The molecule has 0 aromatic rings. The minimum atomic E-state index is -0.836. The molecule has 0 saturated carbocycles. The van der Waals surface area contributed by atoms with Gasteiger partial charge in [-0.25, -0.2) is 0 Å². The van der Waals surface area contributed by atoms with Gasteiger partial charge in [0.2, 0.25) is 0 Å². The monoisotopic (exact) mass is 132 g/mol. The van der Waals surface area contributed by atoms with Crippen LogP contribution in [0.5, 0.6) is 0 Å². The molecule has 0 spiro atoms. The molecule has 0 aromatic heterocycles. The first-order chi connectivity index (χ1) is 3.60. The summed E-state index contributed by atoms with van der Waals surface area (Å²) in [5.41, 5.74) is -0.836. The largest absolute Gasteiger partial charge is 0.369 e. The van der Waals surface area contributed by atoms with Crippen molar-refractivity contribution in [1.29, 1.82) is 0 Å². The van der Waals surface area contributed by atoms with Crippen LogP contribution in [0.4, 0.5) is 0 Å². The van der Waals surface area contributed by atoms with E-state index < -0.39 is 5.72 Å². The minimum Gasteiger partial charge on any atom is -0.369 e. The lowest BCUT2D eigenvalue weighted by Gasteiger charge is -2.12. The average molecular weight is 132 g/mol. The number of β-amino-alcohol motifs (C(OH)–C–C–N with tert-alkyl or cyclic N) is 1. The molecule has 46 valence electrons. The third-order valence-electron chi connectivity index (χ3n) is 0.976. The van der Waals surface area contributed by atoms with Gasteiger partial charge in [-0.1, -0.05) is 0 Å². The van der Waals surface area contributed by atoms with Crippen molar-refractivity contribution in [2.45, 2.75) is 12.6 Å². The van der Waals surface area contributed by atoms with Crippen LogP contribution in [0.1, 0.15) is 6.92 Å². The zero-order valence-electron chi connectivity index (χ0n) is 4.56. The molecule has 0 amide bonds. The Balaban J connectivity index is 2.56. The van der Waals surface area contributed by atoms with Gasteiger partial charge in [-0.3, -0.25) is 0 Å². The maximum Gasteiger partial charge on any atom is 0.168 e. The molecule has 0 aromatic carbocycles. The van der Waals surface area contributed by atoms with Gasteiger partial charge in [-0.05, 0) is 19.1 Å². The van der Waals surface area contributed by atoms with Crippen molar-refractivity contribution in [2.24, 2.45) is 0 Å². The van der Waals surface area contributed by atoms with Gasteiger partial charge < -0.3 is 15.7 Å². The first-order valence-electron chi connectivity index (χ1n) is 2.38. The third kappa shape index (κ3) is 1.08. The van der Waals surface area contributed by atoms with Crippen LogP contribution in [-0.4, -0.2) is 22.5 Å². The fraction of sp³-hybridized carbons (Fsp3) is 0.750. The highest BCUT2D eigenvalue weighted by molar-refractivity contribution is 7.80. The molecule has 1 atom stereocenters. The molecule has 1 aliphatic heterocycles. The predicted molar refractivity (Wildman–Crippen MR) is 34.4 cm³/mol. The van der Waals surface area contributed by atoms with E-state index in [9.17, 15) is 0 Å². The van der Waals surface area contributed by atoms with Crippen molar-refractivity contribution in [1.82, 2.24) is 10.6 Å². The van der Waals surface area contributed by atoms with Crippen molar-refractivity contribution in [3.63, 3.8) is 0 Å². The first-order valence-corrected chi connectivity index (χ1v) is 2.79. The fourth-order valence-electron chi connectivity index (χ4n) is 0.585. The Kier molecular flexibility index (Phi) is 1.13. The Morgan fingerprint density at radius 3 is 2.62 bits per heavy atom. The molecular weight excluding hydrogens is 124 g/mol. The summed E-state index contributed by atoms with van der Waals surface area (Å²) in [5, 5.41) is 15.1. The normalized spacial score (nSPS) is 36.5. The number of aliphatic hydroxyl groups is 1. The second-order valence-corrected chi connectivity index (χ2v) is 2.49. The van der Waals surface area contributed by atoms with Gasteiger partial charge >= 0.3 is 0 Å². The Hall–Kier alpha value is -0.350. The molecule has 1 heterocycles. The van der Waals surface area contributed by atoms with E-state index in [-0.39, 0.29) is 0 Å². The quantitative estimate of drug-likeness (QED) is 0.376. The third-order valence-corrected chi connectivity index (χ3v) is 1.22. The van der Waals surface area contributed by atoms with Crippen LogP contribution in [-0.2, 0) is 0 Å². The summed E-state index contributed by atoms with van der Waals surface area (Å²) in [7, 11) is 0. The molecular formula is C4H8N2OS. The molecule has 1 saturated heterocycles. The van der Waals surface area contributed by atoms with E-state index in [1.54, 1.807) is 6.92 Å². The summed E-state index contributed by atoms with van der Waals surface area (Å²) in [5.74, 6) is 0. The predicted octanol–water partition coefficient (Wildman–Crippen LogP) is -0.827. The molecule has 0 bridgehead atoms. The summed E-state index contributed by atoms with van der Waals surface area (Å²) in [4.78, 5) is 0. The Labute approximate surface area is 53.1 Å². The van der Waals surface area contributed by atoms with Crippen LogP contribution in [0.3, 0.4) is 0 Å². The number of nitrogens with one attached hydrogen (secondary N) is 2. The van der Waals surface area contributed by atoms with Crippen LogP contribution >= 0.6 is 12.2 Å². The maximum atomic E-state index is 9.10. The number of thiocarbonyl (C=S) groups is 1. The lowest BCUT2D eigenvalue weighted by Crippen LogP contribution is -2.39. The average Bonchev–Trinajstić information content (AvgIpc) is 1.82. The molecule has 0 radical (unpaired) electrons. The second-order valence-electron chi connectivity index (χ2n) is 2.08. The smallest absolute Gasteiger partial charge is 0.168 e. The van der Waals surface area contributed by atoms with Crippen molar-refractivity contribution in [3.05, 3.63) is 0 Å². The van der Waals surface area contributed by atoms with Crippen LogP contribution in [0, 0.1) is 0 Å². The van der Waals surface area contributed by atoms with Gasteiger partial charge in [0.1, 0.15) is 0 Å². The van der Waals surface area contributed by atoms with Crippen LogP contribution in [0.2, 0.25) is 0 Å². The number of rotatable bonds is 0. The molecule has 4 heteroatoms. The zero-order chi connectivity index (χ0) is 6.20. The van der Waals surface area contributed by atoms with E-state index in [2.05, 4.69) is 22.9 Å². The van der Waals surface area contributed by atoms with E-state index >= 15 is 0 Å². The first kappa shape index (κ1) is 5.78. The van der Waals surface area contributed by atoms with Crippen molar-refractivity contribution in [3.8, 4) is 0 Å². The Bertz CT molecular complexity index is 123. The highest BCUT2D eigenvalue weighted by Crippen LogP contribution is 2.00. The molecule has 1 aliphatic rings. The summed E-state index contributed by atoms with van der Waals surface area (Å²) in [6, 6.07) is 0. The zero-order valence-corrected chi connectivity index (χ0v) is 5.38. The maximum absolute atomic E-state index is 9.10. The van der Waals surface area contributed by atoms with Gasteiger partial charge in [-0.2, -0.15) is 0 Å². The molecule has 3 nitrogen and oxygen atoms in total. The van der Waals surface area contributed by atoms with E-state index in [1.807, 2.05) is 0 Å². The number of hydrogen-bond donors (Lipinski definition) is 3. The topological polar surface area (TPSA) is 44.3 Å². The van der Waals surface area contributed by atoms with Crippen LogP contribution in [0.15, 0.2) is 0 Å². The minimum absolute atomic E-state index is 0.492. The Morgan fingerprint density at radius 2 is 2.50 bits per heavy atom. The van der Waals surface area contributed by atoms with E-state index in [1.165, 1.54) is 0 Å². The summed E-state index contributed by atoms with van der Waals surface area (Å²) < 4.78 is 0. The van der Waals surface area contributed by atoms with Crippen LogP contribution < -0.4 is 10.6 Å². The lowest BCUT2D eigenvalue weighted by atomic mass is 10.3. The Morgan fingerprint density at radius 1 is 1.88 bits per heavy atom. The lowest BCUT2D eigenvalue weighted by molar-refractivity contribution is 0.0645. The fourth-order valence-corrected chi connectivity index (χ4v) is 0.877. The highest BCUT2D eigenvalue weighted by Gasteiger charge is 2.26. The molecule has 8 heavy (non-hydrogen) atoms.